The Morgan fingerprint density at radius 2 is 2.12 bits per heavy atom. The Hall–Kier alpha value is -2.18. The first-order valence-corrected chi connectivity index (χ1v) is 9.31. The maximum absolute atomic E-state index is 11.7. The number of thiophene rings is 1. The van der Waals surface area contributed by atoms with Gasteiger partial charge in [-0.2, -0.15) is 4.98 Å². The molecule has 7 heteroatoms. The molecule has 0 unspecified atom stereocenters. The van der Waals surface area contributed by atoms with Gasteiger partial charge in [0.05, 0.1) is 17.8 Å². The molecule has 3 aromatic rings. The van der Waals surface area contributed by atoms with Crippen molar-refractivity contribution >= 4 is 28.8 Å². The van der Waals surface area contributed by atoms with Crippen molar-refractivity contribution in [2.24, 2.45) is 5.92 Å². The van der Waals surface area contributed by atoms with Crippen molar-refractivity contribution in [3.05, 3.63) is 57.8 Å². The summed E-state index contributed by atoms with van der Waals surface area (Å²) < 4.78 is 5.34. The molecule has 1 aromatic carbocycles. The van der Waals surface area contributed by atoms with Crippen molar-refractivity contribution in [1.82, 2.24) is 15.5 Å². The minimum atomic E-state index is 0.150. The molecule has 1 amide bonds. The van der Waals surface area contributed by atoms with E-state index in [1.807, 2.05) is 36.4 Å². The van der Waals surface area contributed by atoms with Gasteiger partial charge in [-0.05, 0) is 36.6 Å². The molecule has 4 rings (SSSR count). The number of halogens is 1. The second-order valence-corrected chi connectivity index (χ2v) is 7.61. The van der Waals surface area contributed by atoms with Crippen molar-refractivity contribution in [1.29, 1.82) is 0 Å². The van der Waals surface area contributed by atoms with Crippen LogP contribution in [0.4, 0.5) is 0 Å². The van der Waals surface area contributed by atoms with Crippen molar-refractivity contribution < 1.29 is 9.32 Å². The van der Waals surface area contributed by atoms with Gasteiger partial charge in [0.15, 0.2) is 0 Å². The van der Waals surface area contributed by atoms with Crippen LogP contribution in [0.2, 0.25) is 5.02 Å². The van der Waals surface area contributed by atoms with Gasteiger partial charge in [0.1, 0.15) is 0 Å². The van der Waals surface area contributed by atoms with Crippen molar-refractivity contribution in [2.45, 2.75) is 25.8 Å². The number of carbonyl (C=O) groups excluding carboxylic acids is 1. The van der Waals surface area contributed by atoms with Gasteiger partial charge in [0.25, 0.3) is 0 Å². The number of rotatable bonds is 6. The Labute approximate surface area is 154 Å². The van der Waals surface area contributed by atoms with E-state index in [0.717, 1.165) is 28.2 Å². The van der Waals surface area contributed by atoms with Gasteiger partial charge >= 0.3 is 0 Å². The average Bonchev–Trinajstić information content (AvgIpc) is 3.18. The molecule has 0 bridgehead atoms. The van der Waals surface area contributed by atoms with E-state index in [9.17, 15) is 4.79 Å². The molecule has 0 spiro atoms. The number of nitrogens with zero attached hydrogens (tertiary/aromatic N) is 2. The summed E-state index contributed by atoms with van der Waals surface area (Å²) >= 11 is 7.72. The summed E-state index contributed by atoms with van der Waals surface area (Å²) in [5.41, 5.74) is 0.953. The average molecular weight is 374 g/mol. The lowest BCUT2D eigenvalue weighted by Gasteiger charge is -2.00. The monoisotopic (exact) mass is 373 g/mol. The Balaban J connectivity index is 1.41. The largest absolute Gasteiger partial charge is 0.351 e. The molecule has 2 aromatic heterocycles. The van der Waals surface area contributed by atoms with Gasteiger partial charge in [-0.3, -0.25) is 4.79 Å². The van der Waals surface area contributed by atoms with E-state index in [-0.39, 0.29) is 11.8 Å². The van der Waals surface area contributed by atoms with E-state index >= 15 is 0 Å². The fourth-order valence-electron chi connectivity index (χ4n) is 2.49. The molecule has 1 aliphatic carbocycles. The van der Waals surface area contributed by atoms with Gasteiger partial charge in [-0.15, -0.1) is 11.3 Å². The molecule has 0 aliphatic heterocycles. The lowest BCUT2D eigenvalue weighted by Crippen LogP contribution is -2.23. The second kappa shape index (κ2) is 6.98. The minimum Gasteiger partial charge on any atom is -0.351 e. The molecule has 1 saturated carbocycles. The minimum absolute atomic E-state index is 0.150. The zero-order valence-electron chi connectivity index (χ0n) is 13.4. The normalized spacial score (nSPS) is 13.8. The summed E-state index contributed by atoms with van der Waals surface area (Å²) in [6.07, 6.45) is 2.53. The van der Waals surface area contributed by atoms with Crippen LogP contribution in [-0.4, -0.2) is 16.0 Å². The Kier molecular flexibility index (Phi) is 4.55. The number of nitrogens with one attached hydrogen (secondary N) is 1. The van der Waals surface area contributed by atoms with Crippen LogP contribution < -0.4 is 5.32 Å². The quantitative estimate of drug-likeness (QED) is 0.707. The third-order valence-electron chi connectivity index (χ3n) is 4.03. The van der Waals surface area contributed by atoms with E-state index in [2.05, 4.69) is 15.5 Å². The first-order chi connectivity index (χ1) is 12.2. The van der Waals surface area contributed by atoms with E-state index < -0.39 is 0 Å². The molecule has 25 heavy (non-hydrogen) atoms. The molecule has 1 N–H and O–H groups in total. The Bertz CT molecular complexity index is 901. The van der Waals surface area contributed by atoms with Crippen LogP contribution in [0.5, 0.6) is 0 Å². The van der Waals surface area contributed by atoms with Crippen LogP contribution in [0.1, 0.15) is 29.2 Å². The molecule has 1 aliphatic rings. The number of aromatic nitrogens is 2. The summed E-state index contributed by atoms with van der Waals surface area (Å²) in [5.74, 6) is 1.47. The highest BCUT2D eigenvalue weighted by atomic mass is 35.5. The van der Waals surface area contributed by atoms with Gasteiger partial charge in [-0.1, -0.05) is 35.0 Å². The van der Waals surface area contributed by atoms with Crippen molar-refractivity contribution in [3.8, 4) is 10.7 Å². The highest BCUT2D eigenvalue weighted by Gasteiger charge is 2.29. The highest BCUT2D eigenvalue weighted by molar-refractivity contribution is 7.15. The maximum Gasteiger partial charge on any atom is 0.231 e. The first-order valence-electron chi connectivity index (χ1n) is 8.12. The highest BCUT2D eigenvalue weighted by Crippen LogP contribution is 2.30. The lowest BCUT2D eigenvalue weighted by atomic mass is 10.1. The van der Waals surface area contributed by atoms with E-state index in [1.54, 1.807) is 11.3 Å². The maximum atomic E-state index is 11.7. The SMILES string of the molecule is O=C(NCc1ccc(-c2noc(Cc3ccccc3Cl)n2)s1)C1CC1. The van der Waals surface area contributed by atoms with Crippen LogP contribution in [0.25, 0.3) is 10.7 Å². The van der Waals surface area contributed by atoms with E-state index in [0.29, 0.717) is 29.7 Å². The molecule has 128 valence electrons. The molecule has 0 radical (unpaired) electrons. The van der Waals surface area contributed by atoms with Gasteiger partial charge in [0.2, 0.25) is 17.6 Å². The zero-order chi connectivity index (χ0) is 17.2. The van der Waals surface area contributed by atoms with E-state index in [4.69, 9.17) is 16.1 Å². The molecular weight excluding hydrogens is 358 g/mol. The third kappa shape index (κ3) is 3.91. The predicted molar refractivity (Wildman–Crippen MR) is 96.4 cm³/mol. The summed E-state index contributed by atoms with van der Waals surface area (Å²) in [7, 11) is 0. The molecule has 5 nitrogen and oxygen atoms in total. The lowest BCUT2D eigenvalue weighted by molar-refractivity contribution is -0.122. The topological polar surface area (TPSA) is 68.0 Å². The molecule has 0 atom stereocenters. The summed E-state index contributed by atoms with van der Waals surface area (Å²) in [4.78, 5) is 18.1. The van der Waals surface area contributed by atoms with Crippen LogP contribution >= 0.6 is 22.9 Å². The van der Waals surface area contributed by atoms with E-state index in [1.165, 1.54) is 0 Å². The fourth-order valence-corrected chi connectivity index (χ4v) is 3.56. The smallest absolute Gasteiger partial charge is 0.231 e. The molecule has 2 heterocycles. The predicted octanol–water partition coefficient (Wildman–Crippen LogP) is 4.07. The van der Waals surface area contributed by atoms with Gasteiger partial charge in [-0.25, -0.2) is 0 Å². The summed E-state index contributed by atoms with van der Waals surface area (Å²) in [6.45, 7) is 0.546. The Morgan fingerprint density at radius 3 is 2.92 bits per heavy atom. The van der Waals surface area contributed by atoms with Gasteiger partial charge in [0, 0.05) is 15.8 Å². The van der Waals surface area contributed by atoms with Gasteiger partial charge < -0.3 is 9.84 Å². The fraction of sp³-hybridized carbons (Fsp3) is 0.278. The van der Waals surface area contributed by atoms with Crippen molar-refractivity contribution in [3.63, 3.8) is 0 Å². The second-order valence-electron chi connectivity index (χ2n) is 6.04. The Morgan fingerprint density at radius 1 is 1.28 bits per heavy atom. The number of amides is 1. The van der Waals surface area contributed by atoms with Crippen LogP contribution in [0.3, 0.4) is 0 Å². The van der Waals surface area contributed by atoms with Crippen LogP contribution in [0.15, 0.2) is 40.9 Å². The summed E-state index contributed by atoms with van der Waals surface area (Å²) in [5, 5.41) is 7.70. The zero-order valence-corrected chi connectivity index (χ0v) is 14.9. The standard InChI is InChI=1S/C18H16ClN3O2S/c19-14-4-2-1-3-12(14)9-16-21-17(22-24-16)15-8-7-13(25-15)10-20-18(23)11-5-6-11/h1-4,7-8,11H,5-6,9-10H2,(H,20,23). The van der Waals surface area contributed by atoms with Crippen LogP contribution in [-0.2, 0) is 17.8 Å². The molecule has 0 saturated heterocycles. The molecule has 1 fully saturated rings. The van der Waals surface area contributed by atoms with Crippen molar-refractivity contribution in [2.75, 3.05) is 0 Å². The number of hydrogen-bond donors (Lipinski definition) is 1. The first kappa shape index (κ1) is 16.3. The third-order valence-corrected chi connectivity index (χ3v) is 5.48. The van der Waals surface area contributed by atoms with Crippen LogP contribution in [0, 0.1) is 5.92 Å². The molecular formula is C18H16ClN3O2S. The number of carbonyl (C=O) groups is 1. The number of benzene rings is 1. The number of hydrogen-bond acceptors (Lipinski definition) is 5. The summed E-state index contributed by atoms with van der Waals surface area (Å²) in [6, 6.07) is 11.5.